The number of rotatable bonds is 5. The zero-order valence-electron chi connectivity index (χ0n) is 11.4. The predicted molar refractivity (Wildman–Crippen MR) is 75.3 cm³/mol. The van der Waals surface area contributed by atoms with Gasteiger partial charge in [-0.3, -0.25) is 0 Å². The molecule has 18 heavy (non-hydrogen) atoms. The van der Waals surface area contributed by atoms with Crippen LogP contribution in [-0.2, 0) is 6.42 Å². The Morgan fingerprint density at radius 2 is 1.89 bits per heavy atom. The Bertz CT molecular complexity index is 500. The molecule has 1 aromatic heterocycles. The van der Waals surface area contributed by atoms with E-state index in [0.29, 0.717) is 0 Å². The first-order valence-corrected chi connectivity index (χ1v) is 6.55. The molecular formula is C15H21N3. The van der Waals surface area contributed by atoms with Crippen LogP contribution in [0.3, 0.4) is 0 Å². The van der Waals surface area contributed by atoms with Gasteiger partial charge in [-0.05, 0) is 51.1 Å². The molecule has 0 unspecified atom stereocenters. The van der Waals surface area contributed by atoms with Crippen molar-refractivity contribution < 1.29 is 0 Å². The number of para-hydroxylation sites is 1. The average Bonchev–Trinajstić information content (AvgIpc) is 2.68. The van der Waals surface area contributed by atoms with E-state index in [1.165, 1.54) is 11.3 Å². The Morgan fingerprint density at radius 3 is 2.56 bits per heavy atom. The number of hydrogen-bond acceptors (Lipinski definition) is 2. The van der Waals surface area contributed by atoms with Gasteiger partial charge in [0, 0.05) is 5.69 Å². The molecule has 0 fully saturated rings. The molecular weight excluding hydrogens is 222 g/mol. The molecule has 1 N–H and O–H groups in total. The summed E-state index contributed by atoms with van der Waals surface area (Å²) >= 11 is 0. The van der Waals surface area contributed by atoms with Crippen LogP contribution < -0.4 is 5.32 Å². The minimum Gasteiger partial charge on any atom is -0.317 e. The molecule has 0 atom stereocenters. The monoisotopic (exact) mass is 243 g/mol. The van der Waals surface area contributed by atoms with E-state index in [2.05, 4.69) is 43.3 Å². The SMILES string of the molecule is CCNCCc1c(C)nn(-c2ccccc2)c1C. The number of benzene rings is 1. The van der Waals surface area contributed by atoms with E-state index >= 15 is 0 Å². The van der Waals surface area contributed by atoms with Crippen molar-refractivity contribution in [1.82, 2.24) is 15.1 Å². The standard InChI is InChI=1S/C15H21N3/c1-4-16-11-10-15-12(2)17-18(13(15)3)14-8-6-5-7-9-14/h5-9,16H,4,10-11H2,1-3H3. The highest BCUT2D eigenvalue weighted by atomic mass is 15.3. The molecule has 2 rings (SSSR count). The van der Waals surface area contributed by atoms with Crippen molar-refractivity contribution in [2.45, 2.75) is 27.2 Å². The van der Waals surface area contributed by atoms with E-state index in [1.54, 1.807) is 0 Å². The van der Waals surface area contributed by atoms with E-state index < -0.39 is 0 Å². The van der Waals surface area contributed by atoms with Crippen LogP contribution in [0, 0.1) is 13.8 Å². The third-order valence-electron chi connectivity index (χ3n) is 3.24. The Kier molecular flexibility index (Phi) is 4.15. The highest BCUT2D eigenvalue weighted by Gasteiger charge is 2.11. The summed E-state index contributed by atoms with van der Waals surface area (Å²) in [4.78, 5) is 0. The quantitative estimate of drug-likeness (QED) is 0.818. The maximum absolute atomic E-state index is 4.65. The van der Waals surface area contributed by atoms with Crippen molar-refractivity contribution in [1.29, 1.82) is 0 Å². The lowest BCUT2D eigenvalue weighted by atomic mass is 10.1. The first-order chi connectivity index (χ1) is 8.74. The minimum atomic E-state index is 1.01. The number of nitrogens with zero attached hydrogens (tertiary/aromatic N) is 2. The fourth-order valence-corrected chi connectivity index (χ4v) is 2.25. The summed E-state index contributed by atoms with van der Waals surface area (Å²) < 4.78 is 2.04. The van der Waals surface area contributed by atoms with Crippen molar-refractivity contribution in [2.75, 3.05) is 13.1 Å². The van der Waals surface area contributed by atoms with E-state index in [0.717, 1.165) is 30.9 Å². The number of nitrogens with one attached hydrogen (secondary N) is 1. The third kappa shape index (κ3) is 2.62. The molecule has 3 nitrogen and oxygen atoms in total. The van der Waals surface area contributed by atoms with Gasteiger partial charge in [0.05, 0.1) is 11.4 Å². The summed E-state index contributed by atoms with van der Waals surface area (Å²) in [6.45, 7) is 8.40. The van der Waals surface area contributed by atoms with Gasteiger partial charge in [0.25, 0.3) is 0 Å². The Hall–Kier alpha value is -1.61. The van der Waals surface area contributed by atoms with Gasteiger partial charge in [0.2, 0.25) is 0 Å². The summed E-state index contributed by atoms with van der Waals surface area (Å²) in [5.74, 6) is 0. The lowest BCUT2D eigenvalue weighted by Gasteiger charge is -2.05. The van der Waals surface area contributed by atoms with Gasteiger partial charge < -0.3 is 5.32 Å². The van der Waals surface area contributed by atoms with Crippen LogP contribution in [0.25, 0.3) is 5.69 Å². The summed E-state index contributed by atoms with van der Waals surface area (Å²) in [5.41, 5.74) is 4.87. The van der Waals surface area contributed by atoms with Crippen LogP contribution >= 0.6 is 0 Å². The number of aryl methyl sites for hydroxylation is 1. The van der Waals surface area contributed by atoms with E-state index in [4.69, 9.17) is 0 Å². The van der Waals surface area contributed by atoms with Gasteiger partial charge in [0.1, 0.15) is 0 Å². The molecule has 0 aliphatic rings. The third-order valence-corrected chi connectivity index (χ3v) is 3.24. The van der Waals surface area contributed by atoms with Gasteiger partial charge in [-0.1, -0.05) is 25.1 Å². The lowest BCUT2D eigenvalue weighted by Crippen LogP contribution is -2.16. The maximum Gasteiger partial charge on any atom is 0.0648 e. The molecule has 0 aliphatic carbocycles. The zero-order chi connectivity index (χ0) is 13.0. The molecule has 3 heteroatoms. The molecule has 96 valence electrons. The van der Waals surface area contributed by atoms with Crippen LogP contribution in [0.4, 0.5) is 0 Å². The fourth-order valence-electron chi connectivity index (χ4n) is 2.25. The molecule has 0 spiro atoms. The summed E-state index contributed by atoms with van der Waals surface area (Å²) in [6, 6.07) is 10.3. The van der Waals surface area contributed by atoms with Gasteiger partial charge in [-0.25, -0.2) is 4.68 Å². The van der Waals surface area contributed by atoms with E-state index in [-0.39, 0.29) is 0 Å². The predicted octanol–water partition coefficient (Wildman–Crippen LogP) is 2.64. The topological polar surface area (TPSA) is 29.9 Å². The second kappa shape index (κ2) is 5.83. The number of aromatic nitrogens is 2. The van der Waals surface area contributed by atoms with Gasteiger partial charge in [0.15, 0.2) is 0 Å². The van der Waals surface area contributed by atoms with Crippen LogP contribution in [0.1, 0.15) is 23.9 Å². The van der Waals surface area contributed by atoms with E-state index in [9.17, 15) is 0 Å². The maximum atomic E-state index is 4.65. The minimum absolute atomic E-state index is 1.01. The average molecular weight is 243 g/mol. The summed E-state index contributed by atoms with van der Waals surface area (Å²) in [7, 11) is 0. The number of likely N-dealkylation sites (N-methyl/N-ethyl adjacent to an activating group) is 1. The van der Waals surface area contributed by atoms with Crippen molar-refractivity contribution in [3.05, 3.63) is 47.3 Å². The molecule has 0 radical (unpaired) electrons. The smallest absolute Gasteiger partial charge is 0.0648 e. The summed E-state index contributed by atoms with van der Waals surface area (Å²) in [5, 5.41) is 8.01. The summed E-state index contributed by atoms with van der Waals surface area (Å²) in [6.07, 6.45) is 1.04. The first kappa shape index (κ1) is 12.8. The molecule has 0 saturated heterocycles. The zero-order valence-corrected chi connectivity index (χ0v) is 11.4. The second-order valence-corrected chi connectivity index (χ2v) is 4.50. The molecule has 1 heterocycles. The van der Waals surface area contributed by atoms with Crippen molar-refractivity contribution in [2.24, 2.45) is 0 Å². The fraction of sp³-hybridized carbons (Fsp3) is 0.400. The van der Waals surface area contributed by atoms with Crippen LogP contribution in [0.2, 0.25) is 0 Å². The Balaban J connectivity index is 2.26. The van der Waals surface area contributed by atoms with Gasteiger partial charge in [-0.15, -0.1) is 0 Å². The Morgan fingerprint density at radius 1 is 1.17 bits per heavy atom. The van der Waals surface area contributed by atoms with Gasteiger partial charge in [-0.2, -0.15) is 5.10 Å². The largest absolute Gasteiger partial charge is 0.317 e. The molecule has 0 saturated carbocycles. The first-order valence-electron chi connectivity index (χ1n) is 6.55. The molecule has 0 bridgehead atoms. The lowest BCUT2D eigenvalue weighted by molar-refractivity contribution is 0.713. The van der Waals surface area contributed by atoms with Crippen molar-refractivity contribution in [3.63, 3.8) is 0 Å². The normalized spacial score (nSPS) is 10.8. The molecule has 0 aliphatic heterocycles. The van der Waals surface area contributed by atoms with Crippen LogP contribution in [0.15, 0.2) is 30.3 Å². The highest BCUT2D eigenvalue weighted by molar-refractivity contribution is 5.36. The number of hydrogen-bond donors (Lipinski definition) is 1. The van der Waals surface area contributed by atoms with Crippen LogP contribution in [0.5, 0.6) is 0 Å². The Labute approximate surface area is 109 Å². The van der Waals surface area contributed by atoms with Crippen molar-refractivity contribution >= 4 is 0 Å². The molecule has 0 amide bonds. The van der Waals surface area contributed by atoms with Gasteiger partial charge >= 0.3 is 0 Å². The molecule has 2 aromatic rings. The highest BCUT2D eigenvalue weighted by Crippen LogP contribution is 2.17. The van der Waals surface area contributed by atoms with Crippen molar-refractivity contribution in [3.8, 4) is 5.69 Å². The van der Waals surface area contributed by atoms with Crippen LogP contribution in [-0.4, -0.2) is 22.9 Å². The second-order valence-electron chi connectivity index (χ2n) is 4.50. The van der Waals surface area contributed by atoms with E-state index in [1.807, 2.05) is 22.9 Å². The molecule has 1 aromatic carbocycles.